The van der Waals surface area contributed by atoms with Crippen molar-refractivity contribution in [1.82, 2.24) is 9.97 Å². The first-order valence-electron chi connectivity index (χ1n) is 8.07. The van der Waals surface area contributed by atoms with Gasteiger partial charge in [0.15, 0.2) is 5.03 Å². The Hall–Kier alpha value is -1.62. The molecular weight excluding hydrogens is 308 g/mol. The Morgan fingerprint density at radius 1 is 0.913 bits per heavy atom. The summed E-state index contributed by atoms with van der Waals surface area (Å²) in [5.74, 6) is 0.603. The highest BCUT2D eigenvalue weighted by Gasteiger charge is 2.29. The molecule has 1 aromatic carbocycles. The third-order valence-corrected chi connectivity index (χ3v) is 5.92. The molecule has 0 unspecified atom stereocenters. The van der Waals surface area contributed by atoms with Gasteiger partial charge in [-0.25, -0.2) is 13.4 Å². The van der Waals surface area contributed by atoms with Crippen LogP contribution in [-0.2, 0) is 9.84 Å². The van der Waals surface area contributed by atoms with Gasteiger partial charge in [0.1, 0.15) is 0 Å². The molecule has 1 aromatic heterocycles. The van der Waals surface area contributed by atoms with E-state index in [9.17, 15) is 8.42 Å². The van der Waals surface area contributed by atoms with E-state index in [2.05, 4.69) is 23.8 Å². The van der Waals surface area contributed by atoms with Crippen molar-refractivity contribution in [2.75, 3.05) is 0 Å². The van der Waals surface area contributed by atoms with Gasteiger partial charge in [-0.1, -0.05) is 53.7 Å². The lowest BCUT2D eigenvalue weighted by Gasteiger charge is -2.22. The van der Waals surface area contributed by atoms with Crippen LogP contribution in [0.2, 0.25) is 0 Å². The van der Waals surface area contributed by atoms with Crippen LogP contribution in [0, 0.1) is 0 Å². The van der Waals surface area contributed by atoms with E-state index in [1.807, 2.05) is 39.8 Å². The van der Waals surface area contributed by atoms with Crippen LogP contribution in [0.5, 0.6) is 0 Å². The van der Waals surface area contributed by atoms with Crippen molar-refractivity contribution in [1.29, 1.82) is 0 Å². The van der Waals surface area contributed by atoms with Gasteiger partial charge in [-0.15, -0.1) is 0 Å². The number of benzene rings is 1. The zero-order chi connectivity index (χ0) is 17.4. The van der Waals surface area contributed by atoms with Gasteiger partial charge in [-0.3, -0.25) is 0 Å². The fourth-order valence-corrected chi connectivity index (χ4v) is 4.54. The minimum absolute atomic E-state index is 0.124. The van der Waals surface area contributed by atoms with Crippen LogP contribution in [0.3, 0.4) is 0 Å². The van der Waals surface area contributed by atoms with Gasteiger partial charge in [0.2, 0.25) is 9.84 Å². The first-order valence-corrected chi connectivity index (χ1v) is 9.55. The normalized spacial score (nSPS) is 12.6. The smallest absolute Gasteiger partial charge is 0.223 e. The maximum absolute atomic E-state index is 13.2. The summed E-state index contributed by atoms with van der Waals surface area (Å²) < 4.78 is 26.3. The van der Waals surface area contributed by atoms with E-state index < -0.39 is 9.84 Å². The summed E-state index contributed by atoms with van der Waals surface area (Å²) >= 11 is 0. The Morgan fingerprint density at radius 2 is 1.43 bits per heavy atom. The van der Waals surface area contributed by atoms with Crippen LogP contribution < -0.4 is 0 Å². The lowest BCUT2D eigenvalue weighted by molar-refractivity contribution is 0.587. The molecule has 0 aliphatic carbocycles. The summed E-state index contributed by atoms with van der Waals surface area (Å²) in [6, 6.07) is 4.09. The van der Waals surface area contributed by atoms with Crippen LogP contribution in [0.4, 0.5) is 0 Å². The maximum Gasteiger partial charge on any atom is 0.223 e. The van der Waals surface area contributed by atoms with Gasteiger partial charge in [0.25, 0.3) is 0 Å². The summed E-state index contributed by atoms with van der Waals surface area (Å²) in [6.07, 6.45) is 2.78. The summed E-state index contributed by atoms with van der Waals surface area (Å²) in [7, 11) is -3.61. The molecule has 126 valence electrons. The zero-order valence-electron chi connectivity index (χ0n) is 14.7. The minimum atomic E-state index is -3.61. The predicted octanol–water partition coefficient (Wildman–Crippen LogP) is 4.61. The average molecular weight is 334 g/mol. The van der Waals surface area contributed by atoms with Crippen molar-refractivity contribution in [2.24, 2.45) is 0 Å². The van der Waals surface area contributed by atoms with Crippen molar-refractivity contribution in [3.8, 4) is 0 Å². The van der Waals surface area contributed by atoms with Gasteiger partial charge in [0, 0.05) is 0 Å². The number of rotatable bonds is 5. The number of hydrogen-bond acceptors (Lipinski definition) is 3. The summed E-state index contributed by atoms with van der Waals surface area (Å²) in [5.41, 5.74) is 2.95. The van der Waals surface area contributed by atoms with Crippen LogP contribution in [-0.4, -0.2) is 18.4 Å². The van der Waals surface area contributed by atoms with Gasteiger partial charge in [-0.05, 0) is 34.4 Å². The van der Waals surface area contributed by atoms with Crippen molar-refractivity contribution in [2.45, 2.75) is 69.2 Å². The molecule has 0 bridgehead atoms. The van der Waals surface area contributed by atoms with Crippen LogP contribution in [0.25, 0.3) is 0 Å². The van der Waals surface area contributed by atoms with Gasteiger partial charge >= 0.3 is 0 Å². The molecule has 0 atom stereocenters. The summed E-state index contributed by atoms with van der Waals surface area (Å²) in [5, 5.41) is 0.151. The summed E-state index contributed by atoms with van der Waals surface area (Å²) in [4.78, 5) is 7.06. The first kappa shape index (κ1) is 17.7. The molecule has 1 N–H and O–H groups in total. The third kappa shape index (κ3) is 3.34. The molecule has 2 rings (SSSR count). The zero-order valence-corrected chi connectivity index (χ0v) is 15.5. The average Bonchev–Trinajstić information content (AvgIpc) is 3.00. The molecule has 0 spiro atoms. The standard InChI is InChI=1S/C18H26N2O2S/c1-11(2)14-7-15(12(3)4)18(16(8-14)13(5)6)23(21,22)17-9-19-10-20-17/h7-13H,1-6H3,(H,19,20). The van der Waals surface area contributed by atoms with Crippen LogP contribution in [0.15, 0.2) is 34.6 Å². The fourth-order valence-electron chi connectivity index (χ4n) is 2.70. The molecule has 4 nitrogen and oxygen atoms in total. The monoisotopic (exact) mass is 334 g/mol. The fraction of sp³-hybridized carbons (Fsp3) is 0.500. The van der Waals surface area contributed by atoms with Crippen LogP contribution in [0.1, 0.15) is 76.0 Å². The SMILES string of the molecule is CC(C)c1cc(C(C)C)c(S(=O)(=O)c2cnc[nH]2)c(C(C)C)c1. The molecule has 23 heavy (non-hydrogen) atoms. The molecule has 0 aliphatic heterocycles. The molecule has 0 fully saturated rings. The van der Waals surface area contributed by atoms with E-state index in [-0.39, 0.29) is 16.9 Å². The Morgan fingerprint density at radius 3 is 1.78 bits per heavy atom. The molecule has 2 aromatic rings. The van der Waals surface area contributed by atoms with Gasteiger partial charge in [-0.2, -0.15) is 0 Å². The van der Waals surface area contributed by atoms with Crippen LogP contribution >= 0.6 is 0 Å². The molecule has 0 saturated heterocycles. The van der Waals surface area contributed by atoms with E-state index >= 15 is 0 Å². The topological polar surface area (TPSA) is 62.8 Å². The highest BCUT2D eigenvalue weighted by Crippen LogP contribution is 2.37. The van der Waals surface area contributed by atoms with Crippen molar-refractivity contribution < 1.29 is 8.42 Å². The second-order valence-corrected chi connectivity index (χ2v) is 8.77. The van der Waals surface area contributed by atoms with E-state index in [1.54, 1.807) is 0 Å². The number of hydrogen-bond donors (Lipinski definition) is 1. The quantitative estimate of drug-likeness (QED) is 0.868. The number of aromatic nitrogens is 2. The van der Waals surface area contributed by atoms with E-state index in [1.165, 1.54) is 18.1 Å². The second kappa shape index (κ2) is 6.48. The first-order chi connectivity index (χ1) is 10.7. The lowest BCUT2D eigenvalue weighted by atomic mass is 9.89. The largest absolute Gasteiger partial charge is 0.335 e. The number of sulfone groups is 1. The predicted molar refractivity (Wildman–Crippen MR) is 92.7 cm³/mol. The molecule has 0 radical (unpaired) electrons. The van der Waals surface area contributed by atoms with E-state index in [4.69, 9.17) is 0 Å². The van der Waals surface area contributed by atoms with Crippen molar-refractivity contribution in [3.63, 3.8) is 0 Å². The Bertz CT molecular complexity index is 744. The second-order valence-electron chi connectivity index (χ2n) is 6.91. The molecule has 0 amide bonds. The number of nitrogens with zero attached hydrogens (tertiary/aromatic N) is 1. The van der Waals surface area contributed by atoms with Gasteiger partial charge in [0.05, 0.1) is 17.4 Å². The van der Waals surface area contributed by atoms with Gasteiger partial charge < -0.3 is 4.98 Å². The maximum atomic E-state index is 13.2. The lowest BCUT2D eigenvalue weighted by Crippen LogP contribution is -2.13. The molecule has 0 aliphatic rings. The minimum Gasteiger partial charge on any atom is -0.335 e. The molecule has 1 heterocycles. The van der Waals surface area contributed by atoms with E-state index in [0.29, 0.717) is 10.8 Å². The number of nitrogens with one attached hydrogen (secondary N) is 1. The Labute approximate surface area is 139 Å². The number of aromatic amines is 1. The Kier molecular flexibility index (Phi) is 4.99. The number of H-pyrrole nitrogens is 1. The van der Waals surface area contributed by atoms with E-state index in [0.717, 1.165) is 11.1 Å². The highest BCUT2D eigenvalue weighted by atomic mass is 32.2. The van der Waals surface area contributed by atoms with Crippen molar-refractivity contribution >= 4 is 9.84 Å². The summed E-state index contributed by atoms with van der Waals surface area (Å²) in [6.45, 7) is 12.4. The third-order valence-electron chi connectivity index (χ3n) is 4.11. The molecule has 5 heteroatoms. The van der Waals surface area contributed by atoms with Crippen molar-refractivity contribution in [3.05, 3.63) is 41.3 Å². The molecule has 0 saturated carbocycles. The molecular formula is C18H26N2O2S. The highest BCUT2D eigenvalue weighted by molar-refractivity contribution is 7.91. The number of imidazole rings is 1. The Balaban J connectivity index is 2.85.